The highest BCUT2D eigenvalue weighted by Gasteiger charge is 2.31. The fourth-order valence-electron chi connectivity index (χ4n) is 14.6. The number of rotatable bonds is 33. The fraction of sp³-hybridized carbons (Fsp3) is 0.330. The number of phenolic OH excluding ortho intramolecular Hbond substituents is 1. The Kier molecular flexibility index (Phi) is 34.3. The number of benzene rings is 8. The number of nitrogens with zero attached hydrogens (tertiary/aromatic N) is 4. The summed E-state index contributed by atoms with van der Waals surface area (Å²) in [4.78, 5) is 118. The number of imidazole rings is 2. The number of amides is 1. The van der Waals surface area contributed by atoms with Gasteiger partial charge in [0.05, 0.1) is 51.3 Å². The van der Waals surface area contributed by atoms with Crippen molar-refractivity contribution in [3.05, 3.63) is 276 Å². The zero-order chi connectivity index (χ0) is 92.9. The van der Waals surface area contributed by atoms with Gasteiger partial charge >= 0.3 is 47.8 Å². The third-order valence-electron chi connectivity index (χ3n) is 20.8. The number of hydrogen-bond acceptors (Lipinski definition) is 24. The number of fused-ring (bicyclic) bond motifs is 2. The van der Waals surface area contributed by atoms with Crippen LogP contribution < -0.4 is 19.5 Å². The SMILES string of the molecule is CC(C)(C)OC(=O)COc1ccc(CC(NC(=O)c2ccc3c(c2)nc(-c2ccoc2)n3C2CCCCC2)C(=O)OCc2ccccc2)cc1.CC(C)(C)OC(=O)COc1ccc(CC(O)C(=O)OCc2ccccc2)cc1.O=C(O)C(O)Cc1ccc(O)cc1.O=C(O)COc1ccc(CC(OC(=O)c2ccc3c(c2)nc(-c2ccoc2)n3C2CCCCC2)C(=O)O)cc1. The standard InChI is InChI=1S/C40H43N3O7.C29H28N2O8.C22H26O6.C9H10O4/c1-40(2,3)50-36(44)26-48-32-17-14-27(15-18-32)22-34(39(46)49-24-28-10-6-4-7-11-28)42-38(45)29-16-19-35-33(23-29)41-37(30-20-21-47-25-30)43(35)31-12-8-5-9-13-31;32-26(33)17-38-22-9-6-18(7-10-22)14-25(28(34)35)39-29(36)19-8-11-24-23(15-19)30-27(20-12-13-37-16-20)31(24)21-4-2-1-3-5-21;1-22(2,3)28-20(24)15-26-18-11-9-16(10-12-18)13-19(23)21(25)27-14-17-7-5-4-6-8-17;10-7-3-1-6(2-4-7)5-8(11)9(12)13/h4,6-7,10-11,14-21,23,25,31,34H,5,8-9,12-13,22,24,26H2,1-3H3,(H,42,45);6-13,15-16,21,25H,1-5,14,17H2,(H,32,33)(H,34,35);4-12,19,23H,13-15H2,1-3H3;1-4,8,10-11H,5H2,(H,12,13). The molecule has 4 atom stereocenters. The van der Waals surface area contributed by atoms with Gasteiger partial charge in [0.15, 0.2) is 32.0 Å². The van der Waals surface area contributed by atoms with Crippen LogP contribution in [0.5, 0.6) is 23.0 Å². The number of carbonyl (C=O) groups excluding carboxylic acids is 6. The van der Waals surface area contributed by atoms with Crippen LogP contribution in [0, 0.1) is 0 Å². The Balaban J connectivity index is 0.000000181. The van der Waals surface area contributed by atoms with Gasteiger partial charge in [-0.05, 0) is 198 Å². The van der Waals surface area contributed by atoms with Crippen molar-refractivity contribution in [3.8, 4) is 45.8 Å². The van der Waals surface area contributed by atoms with E-state index >= 15 is 0 Å². The molecule has 2 aliphatic rings. The largest absolute Gasteiger partial charge is 0.508 e. The molecule has 130 heavy (non-hydrogen) atoms. The third kappa shape index (κ3) is 29.6. The van der Waals surface area contributed by atoms with E-state index in [-0.39, 0.29) is 63.4 Å². The van der Waals surface area contributed by atoms with Crippen LogP contribution in [-0.2, 0) is 96.1 Å². The van der Waals surface area contributed by atoms with E-state index in [9.17, 15) is 53.4 Å². The lowest BCUT2D eigenvalue weighted by Crippen LogP contribution is -2.43. The normalized spacial score (nSPS) is 13.7. The number of ether oxygens (including phenoxy) is 8. The van der Waals surface area contributed by atoms with Crippen LogP contribution in [0.2, 0.25) is 0 Å². The number of esters is 5. The Morgan fingerprint density at radius 3 is 1.28 bits per heavy atom. The Hall–Kier alpha value is -14.4. The molecule has 4 aromatic heterocycles. The molecule has 4 heterocycles. The van der Waals surface area contributed by atoms with Gasteiger partial charge in [-0.1, -0.05) is 148 Å². The van der Waals surface area contributed by atoms with Crippen LogP contribution in [0.1, 0.15) is 172 Å². The number of hydrogen-bond donors (Lipinski definition) is 7. The molecule has 0 saturated heterocycles. The molecule has 2 fully saturated rings. The molecule has 14 rings (SSSR count). The van der Waals surface area contributed by atoms with E-state index in [1.807, 2.05) is 84.9 Å². The Morgan fingerprint density at radius 2 is 0.854 bits per heavy atom. The Bertz CT molecular complexity index is 5710. The maximum Gasteiger partial charge on any atom is 0.345 e. The zero-order valence-electron chi connectivity index (χ0n) is 73.1. The highest BCUT2D eigenvalue weighted by atomic mass is 16.6. The van der Waals surface area contributed by atoms with Crippen LogP contribution in [-0.4, -0.2) is 159 Å². The van der Waals surface area contributed by atoms with Crippen molar-refractivity contribution in [3.63, 3.8) is 0 Å². The van der Waals surface area contributed by atoms with Gasteiger partial charge in [-0.2, -0.15) is 0 Å². The molecule has 12 aromatic rings. The van der Waals surface area contributed by atoms with E-state index in [0.717, 1.165) is 94.6 Å². The Morgan fingerprint density at radius 1 is 0.446 bits per heavy atom. The number of aromatic hydroxyl groups is 1. The Labute approximate surface area is 750 Å². The van der Waals surface area contributed by atoms with Crippen LogP contribution in [0.25, 0.3) is 44.8 Å². The van der Waals surface area contributed by atoms with E-state index in [4.69, 9.17) is 77.1 Å². The molecule has 0 radical (unpaired) electrons. The number of aromatic nitrogens is 4. The summed E-state index contributed by atoms with van der Waals surface area (Å²) >= 11 is 0. The first-order chi connectivity index (χ1) is 62.3. The molecule has 30 nitrogen and oxygen atoms in total. The summed E-state index contributed by atoms with van der Waals surface area (Å²) in [6, 6.07) is 58.7. The van der Waals surface area contributed by atoms with E-state index in [1.165, 1.54) is 49.9 Å². The van der Waals surface area contributed by atoms with Crippen molar-refractivity contribution in [1.29, 1.82) is 0 Å². The van der Waals surface area contributed by atoms with E-state index in [2.05, 4.69) is 14.5 Å². The predicted molar refractivity (Wildman–Crippen MR) is 477 cm³/mol. The molecule has 7 N–H and O–H groups in total. The average Bonchev–Trinajstić information content (AvgIpc) is 1.62. The topological polar surface area (TPSA) is 423 Å². The summed E-state index contributed by atoms with van der Waals surface area (Å²) in [5.41, 5.74) is 8.81. The van der Waals surface area contributed by atoms with Crippen molar-refractivity contribution in [1.82, 2.24) is 24.4 Å². The molecule has 2 saturated carbocycles. The molecule has 0 aliphatic heterocycles. The summed E-state index contributed by atoms with van der Waals surface area (Å²) in [6.45, 7) is 10.0. The lowest BCUT2D eigenvalue weighted by molar-refractivity contribution is -0.158. The molecule has 8 aromatic carbocycles. The number of aliphatic carboxylic acids is 3. The molecular formula is C100H107N5O25. The maximum atomic E-state index is 13.8. The molecule has 1 amide bonds. The van der Waals surface area contributed by atoms with Crippen LogP contribution in [0.4, 0.5) is 0 Å². The minimum atomic E-state index is -1.42. The monoisotopic (exact) mass is 1780 g/mol. The van der Waals surface area contributed by atoms with Gasteiger partial charge in [0, 0.05) is 43.3 Å². The van der Waals surface area contributed by atoms with E-state index in [0.29, 0.717) is 57.1 Å². The van der Waals surface area contributed by atoms with Gasteiger partial charge in [-0.3, -0.25) is 4.79 Å². The number of aliphatic hydroxyl groups excluding tert-OH is 2. The van der Waals surface area contributed by atoms with Crippen molar-refractivity contribution < 1.29 is 121 Å². The van der Waals surface area contributed by atoms with Gasteiger partial charge in [0.1, 0.15) is 77.6 Å². The molecule has 0 spiro atoms. The molecule has 2 aliphatic carbocycles. The first-order valence-corrected chi connectivity index (χ1v) is 42.8. The van der Waals surface area contributed by atoms with Gasteiger partial charge in [-0.15, -0.1) is 0 Å². The van der Waals surface area contributed by atoms with Crippen LogP contribution >= 0.6 is 0 Å². The number of phenols is 1. The van der Waals surface area contributed by atoms with Gasteiger partial charge in [0.2, 0.25) is 6.10 Å². The molecule has 682 valence electrons. The van der Waals surface area contributed by atoms with Crippen molar-refractivity contribution in [2.75, 3.05) is 19.8 Å². The predicted octanol–water partition coefficient (Wildman–Crippen LogP) is 16.2. The lowest BCUT2D eigenvalue weighted by Gasteiger charge is -2.25. The summed E-state index contributed by atoms with van der Waals surface area (Å²) in [5, 5.41) is 57.7. The van der Waals surface area contributed by atoms with Crippen molar-refractivity contribution >= 4 is 75.7 Å². The smallest absolute Gasteiger partial charge is 0.345 e. The van der Waals surface area contributed by atoms with E-state index in [1.54, 1.807) is 164 Å². The minimum absolute atomic E-state index is 0.0512. The molecule has 4 unspecified atom stereocenters. The summed E-state index contributed by atoms with van der Waals surface area (Å²) < 4.78 is 57.9. The van der Waals surface area contributed by atoms with Crippen molar-refractivity contribution in [2.24, 2.45) is 0 Å². The third-order valence-corrected chi connectivity index (χ3v) is 20.8. The highest BCUT2D eigenvalue weighted by molar-refractivity contribution is 6.00. The number of carboxylic acids is 3. The zero-order valence-corrected chi connectivity index (χ0v) is 73.1. The number of carbonyl (C=O) groups is 9. The number of aliphatic hydroxyl groups is 2. The molecule has 30 heteroatoms. The average molecular weight is 1780 g/mol. The number of nitrogens with one attached hydrogen (secondary N) is 1. The lowest BCUT2D eigenvalue weighted by atomic mass is 9.95. The fourth-order valence-corrected chi connectivity index (χ4v) is 14.6. The highest BCUT2D eigenvalue weighted by Crippen LogP contribution is 2.39. The van der Waals surface area contributed by atoms with Gasteiger partial charge in [-0.25, -0.2) is 48.3 Å². The first-order valence-electron chi connectivity index (χ1n) is 42.8. The number of carboxylic acid groups (broad SMARTS) is 3. The minimum Gasteiger partial charge on any atom is -0.508 e. The van der Waals surface area contributed by atoms with E-state index < -0.39 is 95.8 Å². The molecule has 0 bridgehead atoms. The number of furan rings is 2. The van der Waals surface area contributed by atoms with Crippen LogP contribution in [0.15, 0.2) is 240 Å². The summed E-state index contributed by atoms with van der Waals surface area (Å²) in [5.74, 6) is -3.93. The second kappa shape index (κ2) is 46.4. The molecular weight excluding hydrogens is 1670 g/mol. The summed E-state index contributed by atoms with van der Waals surface area (Å²) in [6.07, 6.45) is 14.1. The van der Waals surface area contributed by atoms with Gasteiger partial charge in [0.25, 0.3) is 5.91 Å². The summed E-state index contributed by atoms with van der Waals surface area (Å²) in [7, 11) is 0. The second-order valence-electron chi connectivity index (χ2n) is 33.3. The first kappa shape index (κ1) is 96.2. The maximum absolute atomic E-state index is 13.8. The second-order valence-corrected chi connectivity index (χ2v) is 33.3. The van der Waals surface area contributed by atoms with Crippen LogP contribution in [0.3, 0.4) is 0 Å². The quantitative estimate of drug-likeness (QED) is 0.0148. The van der Waals surface area contributed by atoms with Crippen molar-refractivity contribution in [2.45, 2.75) is 192 Å². The van der Waals surface area contributed by atoms with Gasteiger partial charge < -0.3 is 91.8 Å².